The van der Waals surface area contributed by atoms with E-state index in [0.717, 1.165) is 0 Å². The van der Waals surface area contributed by atoms with Crippen molar-refractivity contribution in [3.05, 3.63) is 71.5 Å². The first-order chi connectivity index (χ1) is 9.59. The Morgan fingerprint density at radius 3 is 2.20 bits per heavy atom. The van der Waals surface area contributed by atoms with E-state index < -0.39 is 23.7 Å². The fourth-order valence-corrected chi connectivity index (χ4v) is 1.82. The van der Waals surface area contributed by atoms with Crippen LogP contribution in [0.4, 0.5) is 4.39 Å². The first-order valence-corrected chi connectivity index (χ1v) is 5.99. The van der Waals surface area contributed by atoms with Gasteiger partial charge in [0, 0.05) is 0 Å². The Morgan fingerprint density at radius 1 is 1.00 bits per heavy atom. The summed E-state index contributed by atoms with van der Waals surface area (Å²) < 4.78 is 13.5. The van der Waals surface area contributed by atoms with E-state index in [2.05, 4.69) is 5.32 Å². The lowest BCUT2D eigenvalue weighted by molar-refractivity contribution is -0.120. The van der Waals surface area contributed by atoms with Gasteiger partial charge in [-0.3, -0.25) is 9.59 Å². The second-order valence-corrected chi connectivity index (χ2v) is 4.20. The van der Waals surface area contributed by atoms with Crippen LogP contribution in [0.1, 0.15) is 22.0 Å². The van der Waals surface area contributed by atoms with Gasteiger partial charge in [0.2, 0.25) is 5.91 Å². The maximum atomic E-state index is 13.5. The summed E-state index contributed by atoms with van der Waals surface area (Å²) in [6.07, 6.45) is 0. The molecule has 1 atom stereocenters. The van der Waals surface area contributed by atoms with E-state index in [1.807, 2.05) is 0 Å². The van der Waals surface area contributed by atoms with Gasteiger partial charge in [-0.25, -0.2) is 4.39 Å². The summed E-state index contributed by atoms with van der Waals surface area (Å²) in [5.41, 5.74) is 5.70. The van der Waals surface area contributed by atoms with Crippen molar-refractivity contribution in [1.29, 1.82) is 0 Å². The molecular weight excluding hydrogens is 259 g/mol. The number of carbonyl (C=O) groups excluding carboxylic acids is 2. The highest BCUT2D eigenvalue weighted by Gasteiger charge is 2.21. The molecule has 0 aromatic heterocycles. The van der Waals surface area contributed by atoms with Crippen molar-refractivity contribution in [2.75, 3.05) is 0 Å². The average molecular weight is 272 g/mol. The summed E-state index contributed by atoms with van der Waals surface area (Å²) in [4.78, 5) is 23.5. The summed E-state index contributed by atoms with van der Waals surface area (Å²) in [5.74, 6) is -2.04. The molecule has 0 saturated carbocycles. The molecule has 2 aromatic rings. The molecule has 0 aliphatic heterocycles. The van der Waals surface area contributed by atoms with Gasteiger partial charge in [-0.05, 0) is 17.7 Å². The zero-order chi connectivity index (χ0) is 14.5. The number of nitrogens with two attached hydrogens (primary N) is 1. The number of halogens is 1. The van der Waals surface area contributed by atoms with Crippen molar-refractivity contribution >= 4 is 11.8 Å². The highest BCUT2D eigenvalue weighted by atomic mass is 19.1. The Morgan fingerprint density at radius 2 is 1.60 bits per heavy atom. The lowest BCUT2D eigenvalue weighted by atomic mass is 10.1. The fourth-order valence-electron chi connectivity index (χ4n) is 1.82. The number of rotatable bonds is 4. The van der Waals surface area contributed by atoms with Crippen molar-refractivity contribution in [1.82, 2.24) is 5.32 Å². The van der Waals surface area contributed by atoms with Gasteiger partial charge in [0.1, 0.15) is 11.9 Å². The first kappa shape index (κ1) is 13.7. The molecule has 0 saturated heterocycles. The number of carbonyl (C=O) groups is 2. The number of hydrogen-bond donors (Lipinski definition) is 2. The number of hydrogen-bond acceptors (Lipinski definition) is 2. The molecule has 1 unspecified atom stereocenters. The van der Waals surface area contributed by atoms with E-state index >= 15 is 0 Å². The van der Waals surface area contributed by atoms with Crippen molar-refractivity contribution in [2.45, 2.75) is 6.04 Å². The number of benzene rings is 2. The van der Waals surface area contributed by atoms with E-state index in [4.69, 9.17) is 5.73 Å². The molecular formula is C15H13FN2O2. The zero-order valence-electron chi connectivity index (χ0n) is 10.5. The molecule has 4 nitrogen and oxygen atoms in total. The molecule has 0 fully saturated rings. The van der Waals surface area contributed by atoms with Gasteiger partial charge in [-0.2, -0.15) is 0 Å². The molecule has 0 bridgehead atoms. The van der Waals surface area contributed by atoms with Crippen LogP contribution in [0.15, 0.2) is 54.6 Å². The predicted octanol–water partition coefficient (Wildman–Crippen LogP) is 1.78. The summed E-state index contributed by atoms with van der Waals surface area (Å²) in [7, 11) is 0. The van der Waals surface area contributed by atoms with Gasteiger partial charge in [-0.15, -0.1) is 0 Å². The third-order valence-corrected chi connectivity index (χ3v) is 2.81. The van der Waals surface area contributed by atoms with Gasteiger partial charge in [0.25, 0.3) is 5.91 Å². The van der Waals surface area contributed by atoms with Crippen LogP contribution in [0, 0.1) is 5.82 Å². The van der Waals surface area contributed by atoms with Crippen molar-refractivity contribution in [3.8, 4) is 0 Å². The van der Waals surface area contributed by atoms with Crippen LogP contribution >= 0.6 is 0 Å². The van der Waals surface area contributed by atoms with Crippen LogP contribution in [0.3, 0.4) is 0 Å². The van der Waals surface area contributed by atoms with Crippen LogP contribution < -0.4 is 11.1 Å². The SMILES string of the molecule is NC(=O)C(NC(=O)c1ccccc1F)c1ccccc1. The molecule has 0 spiro atoms. The molecule has 2 amide bonds. The van der Waals surface area contributed by atoms with Crippen LogP contribution in [0.2, 0.25) is 0 Å². The largest absolute Gasteiger partial charge is 0.368 e. The number of nitrogens with one attached hydrogen (secondary N) is 1. The third-order valence-electron chi connectivity index (χ3n) is 2.81. The van der Waals surface area contributed by atoms with E-state index in [9.17, 15) is 14.0 Å². The van der Waals surface area contributed by atoms with Gasteiger partial charge < -0.3 is 11.1 Å². The highest BCUT2D eigenvalue weighted by Crippen LogP contribution is 2.14. The van der Waals surface area contributed by atoms with E-state index in [0.29, 0.717) is 5.56 Å². The van der Waals surface area contributed by atoms with Crippen molar-refractivity contribution in [3.63, 3.8) is 0 Å². The minimum absolute atomic E-state index is 0.130. The summed E-state index contributed by atoms with van der Waals surface area (Å²) in [5, 5.41) is 2.44. The Balaban J connectivity index is 2.24. The minimum Gasteiger partial charge on any atom is -0.368 e. The molecule has 0 aliphatic rings. The van der Waals surface area contributed by atoms with Gasteiger partial charge in [-0.1, -0.05) is 42.5 Å². The van der Waals surface area contributed by atoms with E-state index in [1.54, 1.807) is 36.4 Å². The molecule has 5 heteroatoms. The van der Waals surface area contributed by atoms with Crippen molar-refractivity contribution in [2.24, 2.45) is 5.73 Å². The maximum absolute atomic E-state index is 13.5. The lowest BCUT2D eigenvalue weighted by Crippen LogP contribution is -2.37. The predicted molar refractivity (Wildman–Crippen MR) is 72.2 cm³/mol. The van der Waals surface area contributed by atoms with Gasteiger partial charge in [0.15, 0.2) is 0 Å². The number of primary amides is 1. The Bertz CT molecular complexity index is 629. The molecule has 102 valence electrons. The molecule has 0 heterocycles. The average Bonchev–Trinajstić information content (AvgIpc) is 2.45. The molecule has 3 N–H and O–H groups in total. The third kappa shape index (κ3) is 3.00. The Labute approximate surface area is 115 Å². The topological polar surface area (TPSA) is 72.2 Å². The molecule has 0 aliphatic carbocycles. The van der Waals surface area contributed by atoms with Crippen molar-refractivity contribution < 1.29 is 14.0 Å². The summed E-state index contributed by atoms with van der Waals surface area (Å²) >= 11 is 0. The van der Waals surface area contributed by atoms with Crippen LogP contribution in [0.5, 0.6) is 0 Å². The first-order valence-electron chi connectivity index (χ1n) is 5.99. The lowest BCUT2D eigenvalue weighted by Gasteiger charge is -2.16. The molecule has 2 aromatic carbocycles. The quantitative estimate of drug-likeness (QED) is 0.890. The summed E-state index contributed by atoms with van der Waals surface area (Å²) in [6, 6.07) is 13.1. The Hall–Kier alpha value is -2.69. The second-order valence-electron chi connectivity index (χ2n) is 4.20. The van der Waals surface area contributed by atoms with Crippen LogP contribution in [0.25, 0.3) is 0 Å². The van der Waals surface area contributed by atoms with Gasteiger partial charge >= 0.3 is 0 Å². The summed E-state index contributed by atoms with van der Waals surface area (Å²) in [6.45, 7) is 0. The maximum Gasteiger partial charge on any atom is 0.255 e. The highest BCUT2D eigenvalue weighted by molar-refractivity contribution is 5.97. The van der Waals surface area contributed by atoms with E-state index in [-0.39, 0.29) is 5.56 Å². The molecule has 2 rings (SSSR count). The molecule has 0 radical (unpaired) electrons. The zero-order valence-corrected chi connectivity index (χ0v) is 10.5. The van der Waals surface area contributed by atoms with E-state index in [1.165, 1.54) is 18.2 Å². The smallest absolute Gasteiger partial charge is 0.255 e. The monoisotopic (exact) mass is 272 g/mol. The Kier molecular flexibility index (Phi) is 4.10. The van der Waals surface area contributed by atoms with Gasteiger partial charge in [0.05, 0.1) is 5.56 Å². The standard InChI is InChI=1S/C15H13FN2O2/c16-12-9-5-4-8-11(12)15(20)18-13(14(17)19)10-6-2-1-3-7-10/h1-9,13H,(H2,17,19)(H,18,20). The number of amides is 2. The second kappa shape index (κ2) is 5.97. The normalized spacial score (nSPS) is 11.7. The van der Waals surface area contributed by atoms with Crippen LogP contribution in [-0.2, 0) is 4.79 Å². The molecule has 20 heavy (non-hydrogen) atoms. The fraction of sp³-hybridized carbons (Fsp3) is 0.0667. The minimum atomic E-state index is -0.997. The van der Waals surface area contributed by atoms with Crippen LogP contribution in [-0.4, -0.2) is 11.8 Å².